The Kier molecular flexibility index (Phi) is 3.71. The first kappa shape index (κ1) is 14.5. The summed E-state index contributed by atoms with van der Waals surface area (Å²) in [5.41, 5.74) is -0.0364. The minimum Gasteiger partial charge on any atom is -1.00 e. The smallest absolute Gasteiger partial charge is 0.397 e. The van der Waals surface area contributed by atoms with Crippen molar-refractivity contribution in [1.29, 1.82) is 0 Å². The van der Waals surface area contributed by atoms with E-state index in [1.807, 2.05) is 47.2 Å². The van der Waals surface area contributed by atoms with Gasteiger partial charge >= 0.3 is 5.95 Å². The molecule has 0 amide bonds. The van der Waals surface area contributed by atoms with Crippen LogP contribution in [0.2, 0.25) is 0 Å². The zero-order valence-corrected chi connectivity index (χ0v) is 13.3. The first-order valence-corrected chi connectivity index (χ1v) is 7.21. The van der Waals surface area contributed by atoms with Gasteiger partial charge in [0.2, 0.25) is 5.72 Å². The second-order valence-electron chi connectivity index (χ2n) is 5.68. The molecule has 0 radical (unpaired) electrons. The summed E-state index contributed by atoms with van der Waals surface area (Å²) in [5.74, 6) is 0.878. The summed E-state index contributed by atoms with van der Waals surface area (Å²) in [6.07, 6.45) is 7.29. The number of aliphatic hydroxyl groups is 1. The van der Waals surface area contributed by atoms with E-state index in [9.17, 15) is 5.11 Å². The van der Waals surface area contributed by atoms with E-state index in [0.29, 0.717) is 12.6 Å². The van der Waals surface area contributed by atoms with E-state index in [-0.39, 0.29) is 17.0 Å². The van der Waals surface area contributed by atoms with Gasteiger partial charge in [-0.05, 0) is 19.3 Å². The maximum atomic E-state index is 11.3. The van der Waals surface area contributed by atoms with Crippen molar-refractivity contribution in [2.45, 2.75) is 37.6 Å². The molecule has 110 valence electrons. The van der Waals surface area contributed by atoms with Gasteiger partial charge in [-0.15, -0.1) is 0 Å². The second-order valence-corrected chi connectivity index (χ2v) is 5.68. The Morgan fingerprint density at radius 1 is 1.19 bits per heavy atom. The van der Waals surface area contributed by atoms with Crippen molar-refractivity contribution in [3.8, 4) is 0 Å². The molecule has 0 saturated heterocycles. The highest BCUT2D eigenvalue weighted by molar-refractivity contribution is 5.40. The van der Waals surface area contributed by atoms with Crippen LogP contribution in [0.1, 0.15) is 24.8 Å². The Bertz CT molecular complexity index is 632. The van der Waals surface area contributed by atoms with Gasteiger partial charge in [-0.25, -0.2) is 9.47 Å². The van der Waals surface area contributed by atoms with E-state index in [0.717, 1.165) is 24.4 Å². The fourth-order valence-corrected chi connectivity index (χ4v) is 3.24. The molecule has 2 aromatic rings. The summed E-state index contributed by atoms with van der Waals surface area (Å²) in [6, 6.07) is 12.2. The Hall–Kier alpha value is -1.46. The first-order valence-electron chi connectivity index (χ1n) is 7.21. The summed E-state index contributed by atoms with van der Waals surface area (Å²) < 4.78 is 2.05. The maximum absolute atomic E-state index is 11.3. The highest BCUT2D eigenvalue weighted by atomic mass is 79.9. The molecular weight excluding hydrogens is 330 g/mol. The standard InChI is InChI=1S/C16H18N3O.BrH/c20-16(13-6-2-1-3-7-13)12-18-11-5-10-17-15(18)19(16)14-8-4-9-14;/h1-3,5-7,10-11,14,20H,4,8-9,12H2;1H/q+1;/p-1. The topological polar surface area (TPSA) is 40.2 Å². The molecular formula is C16H18BrN3O. The highest BCUT2D eigenvalue weighted by Gasteiger charge is 2.55. The number of hydrogen-bond donors (Lipinski definition) is 1. The molecule has 1 aromatic heterocycles. The van der Waals surface area contributed by atoms with E-state index >= 15 is 0 Å². The number of rotatable bonds is 2. The van der Waals surface area contributed by atoms with Crippen LogP contribution in [-0.2, 0) is 12.3 Å². The van der Waals surface area contributed by atoms with E-state index in [1.54, 1.807) is 6.20 Å². The van der Waals surface area contributed by atoms with Gasteiger partial charge in [-0.1, -0.05) is 35.3 Å². The van der Waals surface area contributed by atoms with E-state index in [2.05, 4.69) is 9.88 Å². The second kappa shape index (κ2) is 5.39. The van der Waals surface area contributed by atoms with Crippen LogP contribution in [0.15, 0.2) is 48.8 Å². The largest absolute Gasteiger partial charge is 1.00 e. The van der Waals surface area contributed by atoms with Crippen molar-refractivity contribution in [1.82, 2.24) is 4.98 Å². The molecule has 21 heavy (non-hydrogen) atoms. The molecule has 1 aromatic carbocycles. The molecule has 4 rings (SSSR count). The Morgan fingerprint density at radius 3 is 2.62 bits per heavy atom. The lowest BCUT2D eigenvalue weighted by atomic mass is 9.88. The third-order valence-electron chi connectivity index (χ3n) is 4.48. The van der Waals surface area contributed by atoms with Gasteiger partial charge < -0.3 is 22.1 Å². The van der Waals surface area contributed by atoms with Crippen LogP contribution in [0.3, 0.4) is 0 Å². The fraction of sp³-hybridized carbons (Fsp3) is 0.375. The molecule has 1 unspecified atom stereocenters. The summed E-state index contributed by atoms with van der Waals surface area (Å²) in [5, 5.41) is 11.3. The SMILES string of the molecule is OC1(c2ccccc2)C[n+]2cccnc2N1C1CCC1.[Br-]. The van der Waals surface area contributed by atoms with Crippen molar-refractivity contribution < 1.29 is 26.7 Å². The van der Waals surface area contributed by atoms with Gasteiger partial charge in [0.05, 0.1) is 12.2 Å². The third kappa shape index (κ3) is 2.15. The van der Waals surface area contributed by atoms with Gasteiger partial charge in [0.15, 0.2) is 0 Å². The van der Waals surface area contributed by atoms with Crippen LogP contribution in [0.25, 0.3) is 0 Å². The number of halogens is 1. The van der Waals surface area contributed by atoms with Gasteiger partial charge in [-0.2, -0.15) is 0 Å². The zero-order valence-electron chi connectivity index (χ0n) is 11.7. The molecule has 4 nitrogen and oxygen atoms in total. The third-order valence-corrected chi connectivity index (χ3v) is 4.48. The summed E-state index contributed by atoms with van der Waals surface area (Å²) in [7, 11) is 0. The minimum atomic E-state index is -0.978. The van der Waals surface area contributed by atoms with E-state index in [1.165, 1.54) is 6.42 Å². The van der Waals surface area contributed by atoms with Crippen LogP contribution in [0.5, 0.6) is 0 Å². The molecule has 1 atom stereocenters. The number of anilines is 1. The Morgan fingerprint density at radius 2 is 1.95 bits per heavy atom. The average molecular weight is 348 g/mol. The number of hydrogen-bond acceptors (Lipinski definition) is 3. The molecule has 1 N–H and O–H groups in total. The van der Waals surface area contributed by atoms with Crippen molar-refractivity contribution >= 4 is 5.95 Å². The molecule has 0 bridgehead atoms. The van der Waals surface area contributed by atoms with Crippen molar-refractivity contribution in [3.63, 3.8) is 0 Å². The number of benzene rings is 1. The fourth-order valence-electron chi connectivity index (χ4n) is 3.24. The summed E-state index contributed by atoms with van der Waals surface area (Å²) >= 11 is 0. The van der Waals surface area contributed by atoms with Crippen LogP contribution in [0.4, 0.5) is 5.95 Å². The van der Waals surface area contributed by atoms with Gasteiger partial charge in [0.1, 0.15) is 12.7 Å². The molecule has 1 fully saturated rings. The lowest BCUT2D eigenvalue weighted by molar-refractivity contribution is -0.685. The quantitative estimate of drug-likeness (QED) is 0.678. The lowest BCUT2D eigenvalue weighted by Gasteiger charge is -2.38. The van der Waals surface area contributed by atoms with Crippen LogP contribution in [0, 0.1) is 0 Å². The van der Waals surface area contributed by atoms with Gasteiger partial charge in [0, 0.05) is 11.6 Å². The molecule has 1 aliphatic carbocycles. The Labute approximate surface area is 134 Å². The van der Waals surface area contributed by atoms with Crippen LogP contribution >= 0.6 is 0 Å². The van der Waals surface area contributed by atoms with Gasteiger partial charge in [0.25, 0.3) is 0 Å². The van der Waals surface area contributed by atoms with E-state index < -0.39 is 5.72 Å². The Balaban J connectivity index is 0.00000132. The first-order chi connectivity index (χ1) is 9.79. The minimum absolute atomic E-state index is 0. The lowest BCUT2D eigenvalue weighted by Crippen LogP contribution is -3.00. The summed E-state index contributed by atoms with van der Waals surface area (Å²) in [6.45, 7) is 0.538. The number of aromatic nitrogens is 2. The normalized spacial score (nSPS) is 24.1. The molecule has 2 aliphatic rings. The predicted octanol–water partition coefficient (Wildman–Crippen LogP) is -1.41. The maximum Gasteiger partial charge on any atom is 0.397 e. The predicted molar refractivity (Wildman–Crippen MR) is 74.9 cm³/mol. The monoisotopic (exact) mass is 347 g/mol. The van der Waals surface area contributed by atoms with Gasteiger partial charge in [-0.3, -0.25) is 0 Å². The zero-order chi connectivity index (χ0) is 13.6. The van der Waals surface area contributed by atoms with Crippen LogP contribution in [-0.4, -0.2) is 16.1 Å². The number of fused-ring (bicyclic) bond motifs is 1. The molecule has 1 aliphatic heterocycles. The summed E-state index contributed by atoms with van der Waals surface area (Å²) in [4.78, 5) is 6.61. The van der Waals surface area contributed by atoms with E-state index in [4.69, 9.17) is 0 Å². The molecule has 0 spiro atoms. The molecule has 5 heteroatoms. The van der Waals surface area contributed by atoms with Crippen molar-refractivity contribution in [2.24, 2.45) is 0 Å². The molecule has 1 saturated carbocycles. The van der Waals surface area contributed by atoms with Crippen molar-refractivity contribution in [3.05, 3.63) is 54.4 Å². The average Bonchev–Trinajstić information content (AvgIpc) is 2.73. The molecule has 2 heterocycles. The van der Waals surface area contributed by atoms with Crippen molar-refractivity contribution in [2.75, 3.05) is 4.90 Å². The highest BCUT2D eigenvalue weighted by Crippen LogP contribution is 2.40. The van der Waals surface area contributed by atoms with Crippen LogP contribution < -0.4 is 26.4 Å². The number of nitrogens with zero attached hydrogens (tertiary/aromatic N) is 3.